The molecule has 6 heteroatoms. The standard InChI is InChI=1S/C13H15FN2O3/c1-8-3-4-9(14)7-10(8)15-12(19)16-13(11(17)18)5-2-6-13/h3-4,7H,2,5-6H2,1H3,(H,17,18)(H2,15,16,19). The van der Waals surface area contributed by atoms with Gasteiger partial charge in [0.1, 0.15) is 11.4 Å². The molecule has 0 radical (unpaired) electrons. The Labute approximate surface area is 109 Å². The van der Waals surface area contributed by atoms with Gasteiger partial charge in [0.25, 0.3) is 0 Å². The van der Waals surface area contributed by atoms with Gasteiger partial charge in [-0.1, -0.05) is 6.07 Å². The number of carbonyl (C=O) groups excluding carboxylic acids is 1. The van der Waals surface area contributed by atoms with Gasteiger partial charge in [0.05, 0.1) is 0 Å². The van der Waals surface area contributed by atoms with Crippen LogP contribution in [0.25, 0.3) is 0 Å². The van der Waals surface area contributed by atoms with Gasteiger partial charge in [-0.3, -0.25) is 0 Å². The molecule has 0 heterocycles. The monoisotopic (exact) mass is 266 g/mol. The highest BCUT2D eigenvalue weighted by molar-refractivity contribution is 5.94. The molecule has 0 unspecified atom stereocenters. The van der Waals surface area contributed by atoms with Gasteiger partial charge in [-0.05, 0) is 43.9 Å². The Kier molecular flexibility index (Phi) is 3.42. The summed E-state index contributed by atoms with van der Waals surface area (Å²) in [4.78, 5) is 22.9. The zero-order valence-electron chi connectivity index (χ0n) is 10.5. The number of carboxylic acids is 1. The summed E-state index contributed by atoms with van der Waals surface area (Å²) in [6.45, 7) is 1.73. The lowest BCUT2D eigenvalue weighted by atomic mass is 9.77. The van der Waals surface area contributed by atoms with Crippen LogP contribution >= 0.6 is 0 Å². The molecule has 0 saturated heterocycles. The van der Waals surface area contributed by atoms with Gasteiger partial charge in [0.15, 0.2) is 0 Å². The van der Waals surface area contributed by atoms with E-state index >= 15 is 0 Å². The van der Waals surface area contributed by atoms with Crippen LogP contribution in [-0.2, 0) is 4.79 Å². The summed E-state index contributed by atoms with van der Waals surface area (Å²) in [7, 11) is 0. The number of carbonyl (C=O) groups is 2. The Hall–Kier alpha value is -2.11. The number of aryl methyl sites for hydroxylation is 1. The highest BCUT2D eigenvalue weighted by Crippen LogP contribution is 2.32. The van der Waals surface area contributed by atoms with Crippen LogP contribution in [0.4, 0.5) is 14.9 Å². The van der Waals surface area contributed by atoms with Crippen LogP contribution in [0, 0.1) is 12.7 Å². The van der Waals surface area contributed by atoms with Crippen LogP contribution in [0.1, 0.15) is 24.8 Å². The summed E-state index contributed by atoms with van der Waals surface area (Å²) in [5.41, 5.74) is -0.141. The average Bonchev–Trinajstić information content (AvgIpc) is 2.28. The van der Waals surface area contributed by atoms with Crippen molar-refractivity contribution in [2.75, 3.05) is 5.32 Å². The van der Waals surface area contributed by atoms with Crippen molar-refractivity contribution in [2.45, 2.75) is 31.7 Å². The van der Waals surface area contributed by atoms with E-state index in [1.807, 2.05) is 0 Å². The first-order valence-corrected chi connectivity index (χ1v) is 6.02. The molecule has 19 heavy (non-hydrogen) atoms. The van der Waals surface area contributed by atoms with E-state index in [1.54, 1.807) is 13.0 Å². The first-order valence-electron chi connectivity index (χ1n) is 6.02. The predicted molar refractivity (Wildman–Crippen MR) is 67.5 cm³/mol. The minimum Gasteiger partial charge on any atom is -0.480 e. The molecule has 1 fully saturated rings. The van der Waals surface area contributed by atoms with Gasteiger partial charge < -0.3 is 15.7 Å². The Morgan fingerprint density at radius 3 is 2.58 bits per heavy atom. The van der Waals surface area contributed by atoms with Crippen molar-refractivity contribution < 1.29 is 19.1 Å². The molecule has 1 aliphatic rings. The van der Waals surface area contributed by atoms with Crippen molar-refractivity contribution in [3.63, 3.8) is 0 Å². The zero-order chi connectivity index (χ0) is 14.0. The fourth-order valence-electron chi connectivity index (χ4n) is 2.02. The number of hydrogen-bond donors (Lipinski definition) is 3. The third kappa shape index (κ3) is 2.67. The molecule has 1 aliphatic carbocycles. The summed E-state index contributed by atoms with van der Waals surface area (Å²) in [5.74, 6) is -1.50. The molecule has 1 aromatic carbocycles. The van der Waals surface area contributed by atoms with E-state index in [0.717, 1.165) is 6.42 Å². The lowest BCUT2D eigenvalue weighted by molar-refractivity contribution is -0.148. The number of halogens is 1. The van der Waals surface area contributed by atoms with Crippen molar-refractivity contribution in [3.05, 3.63) is 29.6 Å². The largest absolute Gasteiger partial charge is 0.480 e. The number of rotatable bonds is 3. The zero-order valence-corrected chi connectivity index (χ0v) is 10.5. The highest BCUT2D eigenvalue weighted by Gasteiger charge is 2.45. The van der Waals surface area contributed by atoms with Crippen LogP contribution in [0.3, 0.4) is 0 Å². The Balaban J connectivity index is 2.05. The van der Waals surface area contributed by atoms with E-state index in [9.17, 15) is 14.0 Å². The maximum absolute atomic E-state index is 13.1. The molecule has 5 nitrogen and oxygen atoms in total. The number of anilines is 1. The number of urea groups is 1. The number of nitrogens with one attached hydrogen (secondary N) is 2. The number of aliphatic carboxylic acids is 1. The highest BCUT2D eigenvalue weighted by atomic mass is 19.1. The number of amides is 2. The normalized spacial score (nSPS) is 16.3. The van der Waals surface area contributed by atoms with E-state index in [4.69, 9.17) is 5.11 Å². The molecule has 3 N–H and O–H groups in total. The number of benzene rings is 1. The van der Waals surface area contributed by atoms with Crippen molar-refractivity contribution in [1.82, 2.24) is 5.32 Å². The van der Waals surface area contributed by atoms with Crippen molar-refractivity contribution in [2.24, 2.45) is 0 Å². The summed E-state index contributed by atoms with van der Waals surface area (Å²) in [6.07, 6.45) is 1.60. The third-order valence-corrected chi connectivity index (χ3v) is 3.42. The molecule has 2 amide bonds. The van der Waals surface area contributed by atoms with Gasteiger partial charge in [0, 0.05) is 5.69 Å². The van der Waals surface area contributed by atoms with Crippen LogP contribution in [0.15, 0.2) is 18.2 Å². The fourth-order valence-corrected chi connectivity index (χ4v) is 2.02. The summed E-state index contributed by atoms with van der Waals surface area (Å²) in [5, 5.41) is 14.0. The molecule has 102 valence electrons. The second kappa shape index (κ2) is 4.87. The lowest BCUT2D eigenvalue weighted by Crippen LogP contribution is -2.60. The fraction of sp³-hybridized carbons (Fsp3) is 0.385. The van der Waals surface area contributed by atoms with Crippen LogP contribution in [0.5, 0.6) is 0 Å². The van der Waals surface area contributed by atoms with Crippen molar-refractivity contribution in [1.29, 1.82) is 0 Å². The second-order valence-corrected chi connectivity index (χ2v) is 4.78. The minimum absolute atomic E-state index is 0.331. The van der Waals surface area contributed by atoms with E-state index in [1.165, 1.54) is 12.1 Å². The quantitative estimate of drug-likeness (QED) is 0.785. The van der Waals surface area contributed by atoms with Crippen molar-refractivity contribution in [3.8, 4) is 0 Å². The topological polar surface area (TPSA) is 78.4 Å². The minimum atomic E-state index is -1.18. The maximum atomic E-state index is 13.1. The van der Waals surface area contributed by atoms with Gasteiger partial charge in [-0.2, -0.15) is 0 Å². The SMILES string of the molecule is Cc1ccc(F)cc1NC(=O)NC1(C(=O)O)CCC1. The Bertz CT molecular complexity index is 527. The molecular formula is C13H15FN2O3. The molecular weight excluding hydrogens is 251 g/mol. The van der Waals surface area contributed by atoms with Gasteiger partial charge in [-0.15, -0.1) is 0 Å². The van der Waals surface area contributed by atoms with E-state index < -0.39 is 23.4 Å². The van der Waals surface area contributed by atoms with E-state index in [-0.39, 0.29) is 0 Å². The third-order valence-electron chi connectivity index (χ3n) is 3.42. The molecule has 0 aromatic heterocycles. The van der Waals surface area contributed by atoms with Gasteiger partial charge in [0.2, 0.25) is 0 Å². The second-order valence-electron chi connectivity index (χ2n) is 4.78. The first-order chi connectivity index (χ1) is 8.93. The Morgan fingerprint density at radius 2 is 2.05 bits per heavy atom. The van der Waals surface area contributed by atoms with Gasteiger partial charge >= 0.3 is 12.0 Å². The number of carboxylic acid groups (broad SMARTS) is 1. The molecule has 0 spiro atoms. The lowest BCUT2D eigenvalue weighted by Gasteiger charge is -2.38. The summed E-state index contributed by atoms with van der Waals surface area (Å²) >= 11 is 0. The van der Waals surface area contributed by atoms with E-state index in [2.05, 4.69) is 10.6 Å². The maximum Gasteiger partial charge on any atom is 0.329 e. The molecule has 0 bridgehead atoms. The average molecular weight is 266 g/mol. The molecule has 1 saturated carbocycles. The summed E-state index contributed by atoms with van der Waals surface area (Å²) in [6, 6.07) is 3.41. The predicted octanol–water partition coefficient (Wildman–Crippen LogP) is 2.26. The van der Waals surface area contributed by atoms with Crippen LogP contribution < -0.4 is 10.6 Å². The van der Waals surface area contributed by atoms with Crippen molar-refractivity contribution >= 4 is 17.7 Å². The molecule has 0 atom stereocenters. The molecule has 0 aliphatic heterocycles. The van der Waals surface area contributed by atoms with E-state index in [0.29, 0.717) is 24.1 Å². The molecule has 2 rings (SSSR count). The first kappa shape index (κ1) is 13.3. The smallest absolute Gasteiger partial charge is 0.329 e. The Morgan fingerprint density at radius 1 is 1.37 bits per heavy atom. The van der Waals surface area contributed by atoms with Gasteiger partial charge in [-0.25, -0.2) is 14.0 Å². The van der Waals surface area contributed by atoms with Crippen LogP contribution in [-0.4, -0.2) is 22.6 Å². The molecule has 1 aromatic rings. The van der Waals surface area contributed by atoms with Crippen LogP contribution in [0.2, 0.25) is 0 Å². The number of hydrogen-bond acceptors (Lipinski definition) is 2. The summed E-state index contributed by atoms with van der Waals surface area (Å²) < 4.78 is 13.1.